The molecule has 0 aliphatic carbocycles. The van der Waals surface area contributed by atoms with Crippen LogP contribution >= 0.6 is 0 Å². The fraction of sp³-hybridized carbons (Fsp3) is 0.312. The average molecular weight is 256 g/mol. The third-order valence-corrected chi connectivity index (χ3v) is 2.81. The summed E-state index contributed by atoms with van der Waals surface area (Å²) in [5, 5.41) is 3.25. The first-order valence-electron chi connectivity index (χ1n) is 6.79. The number of anilines is 1. The maximum absolute atomic E-state index is 5.79. The predicted octanol–water partition coefficient (Wildman–Crippen LogP) is 4.26. The number of benzene rings is 1. The number of pyridine rings is 1. The molecule has 0 aliphatic heterocycles. The van der Waals surface area contributed by atoms with Crippen LogP contribution in [0.25, 0.3) is 0 Å². The molecule has 0 radical (unpaired) electrons. The maximum atomic E-state index is 5.79. The smallest absolute Gasteiger partial charge is 0.221 e. The molecule has 1 N–H and O–H groups in total. The van der Waals surface area contributed by atoms with Gasteiger partial charge in [-0.1, -0.05) is 32.0 Å². The van der Waals surface area contributed by atoms with Gasteiger partial charge in [-0.05, 0) is 36.6 Å². The predicted molar refractivity (Wildman–Crippen MR) is 78.9 cm³/mol. The molecule has 0 atom stereocenters. The van der Waals surface area contributed by atoms with Crippen molar-refractivity contribution in [2.24, 2.45) is 0 Å². The van der Waals surface area contributed by atoms with Crippen molar-refractivity contribution in [3.8, 4) is 11.6 Å². The van der Waals surface area contributed by atoms with Crippen LogP contribution in [0.5, 0.6) is 11.6 Å². The molecule has 100 valence electrons. The number of ether oxygens (including phenoxy) is 1. The molecule has 1 heterocycles. The van der Waals surface area contributed by atoms with Crippen LogP contribution in [0.2, 0.25) is 0 Å². The zero-order valence-electron chi connectivity index (χ0n) is 11.5. The van der Waals surface area contributed by atoms with Crippen molar-refractivity contribution in [3.05, 3.63) is 48.0 Å². The molecule has 3 nitrogen and oxygen atoms in total. The highest BCUT2D eigenvalue weighted by atomic mass is 16.5. The quantitative estimate of drug-likeness (QED) is 0.838. The number of hydrogen-bond donors (Lipinski definition) is 1. The molecular formula is C16H20N2O. The van der Waals surface area contributed by atoms with Gasteiger partial charge < -0.3 is 10.1 Å². The number of hydrogen-bond acceptors (Lipinski definition) is 3. The molecule has 2 rings (SSSR count). The lowest BCUT2D eigenvalue weighted by atomic mass is 10.2. The van der Waals surface area contributed by atoms with Crippen LogP contribution in [0.4, 0.5) is 5.82 Å². The lowest BCUT2D eigenvalue weighted by Gasteiger charge is -2.08. The van der Waals surface area contributed by atoms with Gasteiger partial charge in [-0.2, -0.15) is 4.98 Å². The molecule has 0 unspecified atom stereocenters. The fourth-order valence-corrected chi connectivity index (χ4v) is 1.77. The van der Waals surface area contributed by atoms with Crippen molar-refractivity contribution in [1.29, 1.82) is 0 Å². The van der Waals surface area contributed by atoms with Crippen molar-refractivity contribution in [1.82, 2.24) is 4.98 Å². The van der Waals surface area contributed by atoms with E-state index in [0.717, 1.165) is 31.0 Å². The Morgan fingerprint density at radius 1 is 1.11 bits per heavy atom. The van der Waals surface area contributed by atoms with Gasteiger partial charge in [0, 0.05) is 12.6 Å². The molecule has 0 spiro atoms. The standard InChI is InChI=1S/C16H20N2O/c1-3-11-17-15-9-6-10-16(18-15)19-14-8-5-7-13(4-2)12-14/h5-10,12H,3-4,11H2,1-2H3,(H,17,18). The number of rotatable bonds is 6. The van der Waals surface area contributed by atoms with E-state index in [4.69, 9.17) is 4.74 Å². The fourth-order valence-electron chi connectivity index (χ4n) is 1.77. The minimum absolute atomic E-state index is 0.620. The summed E-state index contributed by atoms with van der Waals surface area (Å²) in [5.74, 6) is 2.31. The number of nitrogens with zero attached hydrogens (tertiary/aromatic N) is 1. The number of aryl methyl sites for hydroxylation is 1. The average Bonchev–Trinajstić information content (AvgIpc) is 2.46. The SMILES string of the molecule is CCCNc1cccc(Oc2cccc(CC)c2)n1. The summed E-state index contributed by atoms with van der Waals surface area (Å²) in [5.41, 5.74) is 1.26. The highest BCUT2D eigenvalue weighted by Gasteiger charge is 2.01. The van der Waals surface area contributed by atoms with E-state index in [2.05, 4.69) is 30.2 Å². The number of aromatic nitrogens is 1. The zero-order chi connectivity index (χ0) is 13.5. The maximum Gasteiger partial charge on any atom is 0.221 e. The largest absolute Gasteiger partial charge is 0.439 e. The van der Waals surface area contributed by atoms with Crippen LogP contribution < -0.4 is 10.1 Å². The highest BCUT2D eigenvalue weighted by Crippen LogP contribution is 2.21. The second-order valence-corrected chi connectivity index (χ2v) is 4.39. The Morgan fingerprint density at radius 3 is 2.74 bits per heavy atom. The molecule has 19 heavy (non-hydrogen) atoms. The Balaban J connectivity index is 2.09. The Morgan fingerprint density at radius 2 is 1.95 bits per heavy atom. The first-order valence-corrected chi connectivity index (χ1v) is 6.79. The molecule has 0 saturated carbocycles. The Labute approximate surface area is 114 Å². The van der Waals surface area contributed by atoms with E-state index < -0.39 is 0 Å². The zero-order valence-corrected chi connectivity index (χ0v) is 11.5. The summed E-state index contributed by atoms with van der Waals surface area (Å²) in [7, 11) is 0. The van der Waals surface area contributed by atoms with Crippen LogP contribution in [-0.4, -0.2) is 11.5 Å². The minimum Gasteiger partial charge on any atom is -0.439 e. The molecule has 0 fully saturated rings. The second-order valence-electron chi connectivity index (χ2n) is 4.39. The first-order chi connectivity index (χ1) is 9.31. The van der Waals surface area contributed by atoms with Crippen LogP contribution in [0, 0.1) is 0 Å². The lowest BCUT2D eigenvalue weighted by Crippen LogP contribution is -2.02. The molecule has 0 saturated heterocycles. The Bertz CT molecular complexity index is 526. The van der Waals surface area contributed by atoms with Gasteiger partial charge in [0.05, 0.1) is 0 Å². The van der Waals surface area contributed by atoms with E-state index >= 15 is 0 Å². The van der Waals surface area contributed by atoms with Gasteiger partial charge in [0.2, 0.25) is 5.88 Å². The minimum atomic E-state index is 0.620. The Kier molecular flexibility index (Phi) is 4.78. The summed E-state index contributed by atoms with van der Waals surface area (Å²) in [6.07, 6.45) is 2.08. The summed E-state index contributed by atoms with van der Waals surface area (Å²) < 4.78 is 5.79. The van der Waals surface area contributed by atoms with Crippen molar-refractivity contribution in [2.75, 3.05) is 11.9 Å². The van der Waals surface area contributed by atoms with Crippen molar-refractivity contribution < 1.29 is 4.74 Å². The van der Waals surface area contributed by atoms with Crippen LogP contribution in [0.1, 0.15) is 25.8 Å². The number of nitrogens with one attached hydrogen (secondary N) is 1. The van der Waals surface area contributed by atoms with E-state index in [1.807, 2.05) is 36.4 Å². The monoisotopic (exact) mass is 256 g/mol. The van der Waals surface area contributed by atoms with Gasteiger partial charge in [-0.3, -0.25) is 0 Å². The van der Waals surface area contributed by atoms with Crippen LogP contribution in [0.15, 0.2) is 42.5 Å². The molecule has 3 heteroatoms. The van der Waals surface area contributed by atoms with Crippen molar-refractivity contribution in [3.63, 3.8) is 0 Å². The molecule has 1 aromatic carbocycles. The molecular weight excluding hydrogens is 236 g/mol. The van der Waals surface area contributed by atoms with Gasteiger partial charge in [-0.25, -0.2) is 0 Å². The van der Waals surface area contributed by atoms with E-state index in [-0.39, 0.29) is 0 Å². The van der Waals surface area contributed by atoms with Crippen LogP contribution in [0.3, 0.4) is 0 Å². The van der Waals surface area contributed by atoms with E-state index in [9.17, 15) is 0 Å². The van der Waals surface area contributed by atoms with E-state index in [1.54, 1.807) is 0 Å². The molecule has 2 aromatic rings. The van der Waals surface area contributed by atoms with Crippen LogP contribution in [-0.2, 0) is 6.42 Å². The molecule has 0 bridgehead atoms. The molecule has 0 amide bonds. The second kappa shape index (κ2) is 6.78. The Hall–Kier alpha value is -2.03. The summed E-state index contributed by atoms with van der Waals surface area (Å²) in [6, 6.07) is 13.9. The molecule has 0 aliphatic rings. The van der Waals surface area contributed by atoms with Crippen molar-refractivity contribution >= 4 is 5.82 Å². The summed E-state index contributed by atoms with van der Waals surface area (Å²) in [6.45, 7) is 5.18. The van der Waals surface area contributed by atoms with E-state index in [0.29, 0.717) is 5.88 Å². The lowest BCUT2D eigenvalue weighted by molar-refractivity contribution is 0.463. The van der Waals surface area contributed by atoms with E-state index in [1.165, 1.54) is 5.56 Å². The van der Waals surface area contributed by atoms with Gasteiger partial charge in [0.1, 0.15) is 11.6 Å². The molecule has 1 aromatic heterocycles. The van der Waals surface area contributed by atoms with Gasteiger partial charge in [-0.15, -0.1) is 0 Å². The van der Waals surface area contributed by atoms with Gasteiger partial charge >= 0.3 is 0 Å². The third kappa shape index (κ3) is 3.98. The van der Waals surface area contributed by atoms with Gasteiger partial charge in [0.15, 0.2) is 0 Å². The summed E-state index contributed by atoms with van der Waals surface area (Å²) >= 11 is 0. The normalized spacial score (nSPS) is 10.2. The van der Waals surface area contributed by atoms with Crippen molar-refractivity contribution in [2.45, 2.75) is 26.7 Å². The topological polar surface area (TPSA) is 34.1 Å². The first kappa shape index (κ1) is 13.4. The summed E-state index contributed by atoms with van der Waals surface area (Å²) in [4.78, 5) is 4.43. The van der Waals surface area contributed by atoms with Gasteiger partial charge in [0.25, 0.3) is 0 Å². The highest BCUT2D eigenvalue weighted by molar-refractivity contribution is 5.39. The third-order valence-electron chi connectivity index (χ3n) is 2.81.